The van der Waals surface area contributed by atoms with Gasteiger partial charge in [-0.2, -0.15) is 0 Å². The Morgan fingerprint density at radius 2 is 1.32 bits per heavy atom. The van der Waals surface area contributed by atoms with Crippen molar-refractivity contribution in [2.45, 2.75) is 0 Å². The third kappa shape index (κ3) is 4.23. The van der Waals surface area contributed by atoms with Gasteiger partial charge in [0, 0.05) is 5.56 Å². The number of ketones is 1. The molecule has 0 aromatic heterocycles. The number of methoxy groups -OCH3 is 3. The van der Waals surface area contributed by atoms with Crippen LogP contribution in [0.3, 0.4) is 0 Å². The lowest BCUT2D eigenvalue weighted by atomic mass is 10.0. The smallest absolute Gasteiger partial charge is 0.203 e. The van der Waals surface area contributed by atoms with Crippen LogP contribution >= 0.6 is 0 Å². The number of ether oxygens (including phenoxy) is 3. The molecule has 0 atom stereocenters. The molecule has 0 heterocycles. The van der Waals surface area contributed by atoms with Crippen molar-refractivity contribution < 1.29 is 19.0 Å². The summed E-state index contributed by atoms with van der Waals surface area (Å²) in [6.45, 7) is 0. The zero-order valence-electron chi connectivity index (χ0n) is 16.1. The molecule has 0 amide bonds. The van der Waals surface area contributed by atoms with Gasteiger partial charge in [0.05, 0.1) is 21.3 Å². The van der Waals surface area contributed by atoms with Gasteiger partial charge in [-0.3, -0.25) is 4.79 Å². The maximum Gasteiger partial charge on any atom is 0.203 e. The Labute approximate surface area is 165 Å². The Morgan fingerprint density at radius 1 is 0.750 bits per heavy atom. The van der Waals surface area contributed by atoms with Crippen molar-refractivity contribution in [2.24, 2.45) is 0 Å². The van der Waals surface area contributed by atoms with E-state index in [9.17, 15) is 4.79 Å². The predicted octanol–water partition coefficient (Wildman–Crippen LogP) is 5.28. The molecule has 4 nitrogen and oxygen atoms in total. The van der Waals surface area contributed by atoms with Crippen LogP contribution in [0.4, 0.5) is 0 Å². The fourth-order valence-electron chi connectivity index (χ4n) is 2.91. The summed E-state index contributed by atoms with van der Waals surface area (Å²) in [5, 5.41) is 0. The number of rotatable bonds is 7. The van der Waals surface area contributed by atoms with Crippen molar-refractivity contribution in [3.8, 4) is 28.4 Å². The molecule has 0 fully saturated rings. The van der Waals surface area contributed by atoms with Gasteiger partial charge < -0.3 is 14.2 Å². The molecule has 0 saturated carbocycles. The highest BCUT2D eigenvalue weighted by atomic mass is 16.5. The van der Waals surface area contributed by atoms with E-state index in [1.165, 1.54) is 27.4 Å². The summed E-state index contributed by atoms with van der Waals surface area (Å²) >= 11 is 0. The highest BCUT2D eigenvalue weighted by Gasteiger charge is 2.15. The van der Waals surface area contributed by atoms with Gasteiger partial charge in [-0.15, -0.1) is 0 Å². The normalized spacial score (nSPS) is 10.7. The average Bonchev–Trinajstić information content (AvgIpc) is 2.77. The van der Waals surface area contributed by atoms with Crippen LogP contribution in [-0.2, 0) is 0 Å². The quantitative estimate of drug-likeness (QED) is 0.417. The first-order valence-corrected chi connectivity index (χ1v) is 8.84. The number of hydrogen-bond acceptors (Lipinski definition) is 4. The lowest BCUT2D eigenvalue weighted by molar-refractivity contribution is 0.104. The Bertz CT molecular complexity index is 948. The Kier molecular flexibility index (Phi) is 6.12. The molecule has 0 N–H and O–H groups in total. The topological polar surface area (TPSA) is 44.8 Å². The van der Waals surface area contributed by atoms with Gasteiger partial charge in [-0.05, 0) is 34.9 Å². The van der Waals surface area contributed by atoms with E-state index in [0.717, 1.165) is 16.7 Å². The molecule has 0 spiro atoms. The molecular weight excluding hydrogens is 352 g/mol. The fourth-order valence-corrected chi connectivity index (χ4v) is 2.91. The molecule has 3 rings (SSSR count). The summed E-state index contributed by atoms with van der Waals surface area (Å²) in [6.07, 6.45) is 3.33. The highest BCUT2D eigenvalue weighted by Crippen LogP contribution is 2.38. The standard InChI is InChI=1S/C24H22O4/c1-26-22-15-20(16-23(27-2)24(22)28-3)21(25)14-11-17-9-12-19(13-10-17)18-7-5-4-6-8-18/h4-16H,1-3H3. The van der Waals surface area contributed by atoms with Crippen LogP contribution in [0.5, 0.6) is 17.2 Å². The van der Waals surface area contributed by atoms with Crippen molar-refractivity contribution in [2.75, 3.05) is 21.3 Å². The summed E-state index contributed by atoms with van der Waals surface area (Å²) in [4.78, 5) is 12.6. The first-order chi connectivity index (χ1) is 13.7. The van der Waals surface area contributed by atoms with E-state index in [-0.39, 0.29) is 5.78 Å². The minimum atomic E-state index is -0.147. The molecule has 0 bridgehead atoms. The van der Waals surface area contributed by atoms with Crippen LogP contribution in [-0.4, -0.2) is 27.1 Å². The van der Waals surface area contributed by atoms with Gasteiger partial charge >= 0.3 is 0 Å². The molecule has 0 aliphatic heterocycles. The molecule has 0 aliphatic rings. The van der Waals surface area contributed by atoms with Crippen LogP contribution < -0.4 is 14.2 Å². The summed E-state index contributed by atoms with van der Waals surface area (Å²) in [5.74, 6) is 1.21. The third-order valence-corrected chi connectivity index (χ3v) is 4.39. The molecule has 142 valence electrons. The summed E-state index contributed by atoms with van der Waals surface area (Å²) in [7, 11) is 4.58. The van der Waals surface area contributed by atoms with Gasteiger partial charge in [-0.1, -0.05) is 60.7 Å². The zero-order chi connectivity index (χ0) is 19.9. The second-order valence-electron chi connectivity index (χ2n) is 6.10. The summed E-state index contributed by atoms with van der Waals surface area (Å²) < 4.78 is 15.9. The molecule has 28 heavy (non-hydrogen) atoms. The summed E-state index contributed by atoms with van der Waals surface area (Å²) in [5.41, 5.74) is 3.70. The van der Waals surface area contributed by atoms with Crippen molar-refractivity contribution in [3.63, 3.8) is 0 Å². The molecular formula is C24H22O4. The minimum absolute atomic E-state index is 0.147. The first kappa shape index (κ1) is 19.2. The maximum absolute atomic E-state index is 12.6. The maximum atomic E-state index is 12.6. The van der Waals surface area contributed by atoms with E-state index in [1.807, 2.05) is 42.5 Å². The lowest BCUT2D eigenvalue weighted by Gasteiger charge is -2.13. The number of allylic oxidation sites excluding steroid dienone is 1. The fraction of sp³-hybridized carbons (Fsp3) is 0.125. The largest absolute Gasteiger partial charge is 0.493 e. The predicted molar refractivity (Wildman–Crippen MR) is 111 cm³/mol. The highest BCUT2D eigenvalue weighted by molar-refractivity contribution is 6.07. The first-order valence-electron chi connectivity index (χ1n) is 8.84. The Balaban J connectivity index is 1.80. The van der Waals surface area contributed by atoms with E-state index in [2.05, 4.69) is 12.1 Å². The number of carbonyl (C=O) groups is 1. The van der Waals surface area contributed by atoms with Gasteiger partial charge in [0.25, 0.3) is 0 Å². The van der Waals surface area contributed by atoms with Crippen LogP contribution in [0.2, 0.25) is 0 Å². The van der Waals surface area contributed by atoms with Gasteiger partial charge in [0.2, 0.25) is 5.75 Å². The van der Waals surface area contributed by atoms with E-state index in [4.69, 9.17) is 14.2 Å². The van der Waals surface area contributed by atoms with E-state index >= 15 is 0 Å². The van der Waals surface area contributed by atoms with Crippen LogP contribution in [0.25, 0.3) is 17.2 Å². The second-order valence-corrected chi connectivity index (χ2v) is 6.10. The van der Waals surface area contributed by atoms with Gasteiger partial charge in [0.1, 0.15) is 0 Å². The van der Waals surface area contributed by atoms with Crippen molar-refractivity contribution in [1.82, 2.24) is 0 Å². The van der Waals surface area contributed by atoms with Crippen LogP contribution in [0, 0.1) is 0 Å². The van der Waals surface area contributed by atoms with E-state index < -0.39 is 0 Å². The van der Waals surface area contributed by atoms with Gasteiger partial charge in [-0.25, -0.2) is 0 Å². The zero-order valence-corrected chi connectivity index (χ0v) is 16.1. The number of hydrogen-bond donors (Lipinski definition) is 0. The molecule has 3 aromatic rings. The minimum Gasteiger partial charge on any atom is -0.493 e. The van der Waals surface area contributed by atoms with Crippen LogP contribution in [0.1, 0.15) is 15.9 Å². The van der Waals surface area contributed by atoms with Gasteiger partial charge in [0.15, 0.2) is 17.3 Å². The van der Waals surface area contributed by atoms with E-state index in [0.29, 0.717) is 22.8 Å². The Hall–Kier alpha value is -3.53. The molecule has 0 unspecified atom stereocenters. The summed E-state index contributed by atoms with van der Waals surface area (Å²) in [6, 6.07) is 21.5. The number of benzene rings is 3. The van der Waals surface area contributed by atoms with Crippen LogP contribution in [0.15, 0.2) is 72.8 Å². The van der Waals surface area contributed by atoms with Crippen molar-refractivity contribution >= 4 is 11.9 Å². The lowest BCUT2D eigenvalue weighted by Crippen LogP contribution is -2.00. The Morgan fingerprint density at radius 3 is 1.86 bits per heavy atom. The van der Waals surface area contributed by atoms with Crippen molar-refractivity contribution in [1.29, 1.82) is 0 Å². The molecule has 0 saturated heterocycles. The molecule has 3 aromatic carbocycles. The molecule has 0 aliphatic carbocycles. The average molecular weight is 374 g/mol. The third-order valence-electron chi connectivity index (χ3n) is 4.39. The number of carbonyl (C=O) groups excluding carboxylic acids is 1. The molecule has 0 radical (unpaired) electrons. The monoisotopic (exact) mass is 374 g/mol. The van der Waals surface area contributed by atoms with Crippen molar-refractivity contribution in [3.05, 3.63) is 83.9 Å². The SMILES string of the molecule is COc1cc(C(=O)C=Cc2ccc(-c3ccccc3)cc2)cc(OC)c1OC. The second kappa shape index (κ2) is 8.91. The van der Waals surface area contributed by atoms with E-state index in [1.54, 1.807) is 18.2 Å². The molecule has 4 heteroatoms.